The van der Waals surface area contributed by atoms with E-state index in [1.807, 2.05) is 12.1 Å². The third-order valence-electron chi connectivity index (χ3n) is 4.32. The second-order valence-electron chi connectivity index (χ2n) is 6.12. The number of carbonyl (C=O) groups is 2. The summed E-state index contributed by atoms with van der Waals surface area (Å²) >= 11 is 0. The smallest absolute Gasteiger partial charge is 0.313 e. The Morgan fingerprint density at radius 2 is 1.89 bits per heavy atom. The van der Waals surface area contributed by atoms with Crippen molar-refractivity contribution >= 4 is 17.5 Å². The summed E-state index contributed by atoms with van der Waals surface area (Å²) in [4.78, 5) is 30.6. The van der Waals surface area contributed by atoms with Crippen LogP contribution >= 0.6 is 0 Å². The van der Waals surface area contributed by atoms with Gasteiger partial charge in [0.2, 0.25) is 0 Å². The van der Waals surface area contributed by atoms with Crippen molar-refractivity contribution in [3.63, 3.8) is 0 Å². The zero-order valence-corrected chi connectivity index (χ0v) is 14.7. The molecule has 0 saturated carbocycles. The summed E-state index contributed by atoms with van der Waals surface area (Å²) in [6.45, 7) is 2.97. The second kappa shape index (κ2) is 9.20. The average molecular weight is 372 g/mol. The Balaban J connectivity index is 1.61. The van der Waals surface area contributed by atoms with Crippen LogP contribution in [-0.4, -0.2) is 54.5 Å². The summed E-state index contributed by atoms with van der Waals surface area (Å²) in [5.74, 6) is -1.96. The minimum absolute atomic E-state index is 0.106. The van der Waals surface area contributed by atoms with E-state index in [4.69, 9.17) is 4.74 Å². The molecule has 1 aromatic heterocycles. The van der Waals surface area contributed by atoms with Crippen LogP contribution in [0.1, 0.15) is 11.6 Å². The van der Waals surface area contributed by atoms with Crippen LogP contribution in [0.3, 0.4) is 0 Å². The maximum absolute atomic E-state index is 12.9. The number of nitrogens with zero attached hydrogens (tertiary/aromatic N) is 2. The van der Waals surface area contributed by atoms with Crippen LogP contribution in [0.5, 0.6) is 0 Å². The van der Waals surface area contributed by atoms with Gasteiger partial charge in [-0.2, -0.15) is 0 Å². The lowest BCUT2D eigenvalue weighted by Crippen LogP contribution is -2.45. The molecule has 2 amide bonds. The van der Waals surface area contributed by atoms with Crippen LogP contribution in [0, 0.1) is 5.82 Å². The number of amides is 2. The van der Waals surface area contributed by atoms with Gasteiger partial charge in [-0.05, 0) is 35.9 Å². The van der Waals surface area contributed by atoms with Gasteiger partial charge in [0.25, 0.3) is 0 Å². The van der Waals surface area contributed by atoms with Crippen molar-refractivity contribution in [3.8, 4) is 0 Å². The fraction of sp³-hybridized carbons (Fsp3) is 0.316. The van der Waals surface area contributed by atoms with Crippen LogP contribution in [0.25, 0.3) is 0 Å². The number of halogens is 1. The first-order chi connectivity index (χ1) is 13.1. The van der Waals surface area contributed by atoms with Gasteiger partial charge in [-0.25, -0.2) is 4.39 Å². The molecule has 2 heterocycles. The highest BCUT2D eigenvalue weighted by Crippen LogP contribution is 2.20. The van der Waals surface area contributed by atoms with Gasteiger partial charge in [-0.15, -0.1) is 0 Å². The number of morpholine rings is 1. The third kappa shape index (κ3) is 5.32. The standard InChI is InChI=1S/C19H21FN4O3/c20-15-3-5-16(6-4-15)23-19(26)18(25)22-13-17(14-2-1-7-21-12-14)24-8-10-27-11-9-24/h1-7,12,17H,8-11,13H2,(H,22,25)(H,23,26)/t17-/m0/s1. The molecule has 1 saturated heterocycles. The van der Waals surface area contributed by atoms with E-state index >= 15 is 0 Å². The summed E-state index contributed by atoms with van der Waals surface area (Å²) in [7, 11) is 0. The molecule has 2 N–H and O–H groups in total. The Labute approximate surface area is 156 Å². The average Bonchev–Trinajstić information content (AvgIpc) is 2.71. The zero-order valence-electron chi connectivity index (χ0n) is 14.7. The van der Waals surface area contributed by atoms with Gasteiger partial charge >= 0.3 is 11.8 Å². The molecule has 0 spiro atoms. The predicted molar refractivity (Wildman–Crippen MR) is 97.4 cm³/mol. The molecule has 3 rings (SSSR count). The van der Waals surface area contributed by atoms with E-state index in [-0.39, 0.29) is 12.6 Å². The van der Waals surface area contributed by atoms with Gasteiger partial charge in [0, 0.05) is 37.7 Å². The lowest BCUT2D eigenvalue weighted by Gasteiger charge is -2.34. The first-order valence-electron chi connectivity index (χ1n) is 8.70. The van der Waals surface area contributed by atoms with Gasteiger partial charge in [0.05, 0.1) is 19.3 Å². The number of benzene rings is 1. The minimum Gasteiger partial charge on any atom is -0.379 e. The van der Waals surface area contributed by atoms with Crippen molar-refractivity contribution in [2.75, 3.05) is 38.2 Å². The van der Waals surface area contributed by atoms with Gasteiger partial charge in [-0.1, -0.05) is 6.07 Å². The van der Waals surface area contributed by atoms with Gasteiger partial charge in [0.1, 0.15) is 5.82 Å². The molecular formula is C19H21FN4O3. The molecule has 0 aliphatic carbocycles. The van der Waals surface area contributed by atoms with Crippen LogP contribution < -0.4 is 10.6 Å². The minimum atomic E-state index is -0.798. The number of ether oxygens (including phenoxy) is 1. The fourth-order valence-electron chi connectivity index (χ4n) is 2.91. The number of pyridine rings is 1. The van der Waals surface area contributed by atoms with Crippen LogP contribution in [0.2, 0.25) is 0 Å². The summed E-state index contributed by atoms with van der Waals surface area (Å²) in [5.41, 5.74) is 1.31. The first-order valence-corrected chi connectivity index (χ1v) is 8.70. The Morgan fingerprint density at radius 3 is 2.56 bits per heavy atom. The van der Waals surface area contributed by atoms with E-state index in [1.165, 1.54) is 24.3 Å². The van der Waals surface area contributed by atoms with Crippen LogP contribution in [0.15, 0.2) is 48.8 Å². The summed E-state index contributed by atoms with van der Waals surface area (Å²) in [6.07, 6.45) is 3.44. The number of hydrogen-bond donors (Lipinski definition) is 2. The van der Waals surface area contributed by atoms with E-state index in [2.05, 4.69) is 20.5 Å². The van der Waals surface area contributed by atoms with Gasteiger partial charge in [0.15, 0.2) is 0 Å². The highest BCUT2D eigenvalue weighted by atomic mass is 19.1. The first kappa shape index (κ1) is 18.9. The topological polar surface area (TPSA) is 83.6 Å². The Kier molecular flexibility index (Phi) is 6.45. The maximum atomic E-state index is 12.9. The molecule has 7 nitrogen and oxygen atoms in total. The summed E-state index contributed by atoms with van der Waals surface area (Å²) in [6, 6.07) is 8.89. The van der Waals surface area contributed by atoms with Gasteiger partial charge in [-0.3, -0.25) is 19.5 Å². The summed E-state index contributed by atoms with van der Waals surface area (Å²) < 4.78 is 18.3. The monoisotopic (exact) mass is 372 g/mol. The molecule has 1 aromatic carbocycles. The van der Waals surface area contributed by atoms with Crippen molar-refractivity contribution < 1.29 is 18.7 Å². The molecule has 142 valence electrons. The molecule has 1 aliphatic heterocycles. The normalized spacial score (nSPS) is 15.7. The molecule has 2 aromatic rings. The lowest BCUT2D eigenvalue weighted by molar-refractivity contribution is -0.136. The molecule has 0 unspecified atom stereocenters. The van der Waals surface area contributed by atoms with Crippen molar-refractivity contribution in [2.45, 2.75) is 6.04 Å². The molecule has 0 radical (unpaired) electrons. The molecule has 27 heavy (non-hydrogen) atoms. The molecular weight excluding hydrogens is 351 g/mol. The van der Waals surface area contributed by atoms with Crippen molar-refractivity contribution in [1.29, 1.82) is 0 Å². The van der Waals surface area contributed by atoms with E-state index < -0.39 is 17.6 Å². The SMILES string of the molecule is O=C(NC[C@@H](c1cccnc1)N1CCOCC1)C(=O)Nc1ccc(F)cc1. The maximum Gasteiger partial charge on any atom is 0.313 e. The van der Waals surface area contributed by atoms with E-state index in [1.54, 1.807) is 12.4 Å². The highest BCUT2D eigenvalue weighted by molar-refractivity contribution is 6.39. The van der Waals surface area contributed by atoms with Crippen LogP contribution in [-0.2, 0) is 14.3 Å². The molecule has 1 atom stereocenters. The fourth-order valence-corrected chi connectivity index (χ4v) is 2.91. The van der Waals surface area contributed by atoms with E-state index in [0.717, 1.165) is 18.7 Å². The number of rotatable bonds is 5. The molecule has 8 heteroatoms. The number of nitrogens with one attached hydrogen (secondary N) is 2. The van der Waals surface area contributed by atoms with Crippen LogP contribution in [0.4, 0.5) is 10.1 Å². The zero-order chi connectivity index (χ0) is 19.1. The Hall–Kier alpha value is -2.84. The Morgan fingerprint density at radius 1 is 1.15 bits per heavy atom. The Bertz CT molecular complexity index is 764. The van der Waals surface area contributed by atoms with E-state index in [9.17, 15) is 14.0 Å². The largest absolute Gasteiger partial charge is 0.379 e. The number of anilines is 1. The quantitative estimate of drug-likeness (QED) is 0.774. The van der Waals surface area contributed by atoms with Crippen molar-refractivity contribution in [1.82, 2.24) is 15.2 Å². The number of carbonyl (C=O) groups excluding carboxylic acids is 2. The number of aromatic nitrogens is 1. The third-order valence-corrected chi connectivity index (χ3v) is 4.32. The van der Waals surface area contributed by atoms with Crippen molar-refractivity contribution in [3.05, 3.63) is 60.2 Å². The summed E-state index contributed by atoms with van der Waals surface area (Å²) in [5, 5.41) is 5.12. The predicted octanol–water partition coefficient (Wildman–Crippen LogP) is 1.35. The molecule has 1 fully saturated rings. The highest BCUT2D eigenvalue weighted by Gasteiger charge is 2.24. The molecule has 1 aliphatic rings. The number of hydrogen-bond acceptors (Lipinski definition) is 5. The van der Waals surface area contributed by atoms with Crippen molar-refractivity contribution in [2.24, 2.45) is 0 Å². The van der Waals surface area contributed by atoms with E-state index in [0.29, 0.717) is 18.9 Å². The second-order valence-corrected chi connectivity index (χ2v) is 6.12. The van der Waals surface area contributed by atoms with Gasteiger partial charge < -0.3 is 15.4 Å². The lowest BCUT2D eigenvalue weighted by atomic mass is 10.1. The molecule has 0 bridgehead atoms.